The predicted molar refractivity (Wildman–Crippen MR) is 242 cm³/mol. The van der Waals surface area contributed by atoms with Crippen LogP contribution in [-0.2, 0) is 54.6 Å². The van der Waals surface area contributed by atoms with Gasteiger partial charge in [-0.2, -0.15) is 0 Å². The summed E-state index contributed by atoms with van der Waals surface area (Å²) in [6.07, 6.45) is -0.586. The lowest BCUT2D eigenvalue weighted by atomic mass is 9.87. The zero-order chi connectivity index (χ0) is 47.6. The van der Waals surface area contributed by atoms with Crippen molar-refractivity contribution in [3.63, 3.8) is 0 Å². The number of primary amides is 2. The summed E-state index contributed by atoms with van der Waals surface area (Å²) in [7, 11) is 5.21. The average molecular weight is 940 g/mol. The minimum atomic E-state index is -1.59. The molecule has 0 bridgehead atoms. The molecule has 3 aromatic rings. The third kappa shape index (κ3) is 9.11. The molecule has 6 N–H and O–H groups in total. The summed E-state index contributed by atoms with van der Waals surface area (Å²) in [5.74, 6) is -2.60. The highest BCUT2D eigenvalue weighted by atomic mass is 32.1. The summed E-state index contributed by atoms with van der Waals surface area (Å²) in [5.41, 5.74) is 12.5. The second-order valence-corrected chi connectivity index (χ2v) is 19.4. The van der Waals surface area contributed by atoms with Crippen molar-refractivity contribution >= 4 is 64.2 Å². The molecule has 8 atom stereocenters. The summed E-state index contributed by atoms with van der Waals surface area (Å²) in [6, 6.07) is 5.30. The van der Waals surface area contributed by atoms with Crippen LogP contribution in [-0.4, -0.2) is 121 Å². The second kappa shape index (κ2) is 19.6. The van der Waals surface area contributed by atoms with E-state index < -0.39 is 71.2 Å². The van der Waals surface area contributed by atoms with Gasteiger partial charge in [-0.3, -0.25) is 19.2 Å². The minimum absolute atomic E-state index is 0.115. The van der Waals surface area contributed by atoms with Crippen molar-refractivity contribution in [2.45, 2.75) is 126 Å². The topological polar surface area (TPSA) is 251 Å². The van der Waals surface area contributed by atoms with E-state index in [1.165, 1.54) is 60.9 Å². The highest BCUT2D eigenvalue weighted by molar-refractivity contribution is 7.10. The number of nitrogens with one attached hydrogen (secondary N) is 2. The van der Waals surface area contributed by atoms with Gasteiger partial charge in [-0.1, -0.05) is 32.9 Å². The number of nitrogens with two attached hydrogens (primary N) is 2. The number of hydrogen-bond acceptors (Lipinski definition) is 15. The molecular weight excluding hydrogens is 879 g/mol. The fraction of sp³-hybridized carbons (Fsp3) is 0.591. The van der Waals surface area contributed by atoms with Gasteiger partial charge in [0.2, 0.25) is 11.8 Å². The molecule has 6 rings (SSSR count). The van der Waals surface area contributed by atoms with E-state index in [1.54, 1.807) is 13.8 Å². The van der Waals surface area contributed by atoms with Crippen LogP contribution in [0.3, 0.4) is 0 Å². The van der Waals surface area contributed by atoms with Crippen molar-refractivity contribution in [1.29, 1.82) is 0 Å². The Hall–Kier alpha value is -5.38. The molecule has 0 radical (unpaired) electrons. The summed E-state index contributed by atoms with van der Waals surface area (Å²) in [4.78, 5) is 96.0. The average Bonchev–Trinajstić information content (AvgIpc) is 4.14. The maximum Gasteiger partial charge on any atom is 0.407 e. The van der Waals surface area contributed by atoms with Crippen LogP contribution in [0.25, 0.3) is 0 Å². The Morgan fingerprint density at radius 1 is 0.708 bits per heavy atom. The van der Waals surface area contributed by atoms with E-state index in [4.69, 9.17) is 40.4 Å². The molecule has 3 aliphatic heterocycles. The van der Waals surface area contributed by atoms with Gasteiger partial charge in [-0.15, -0.1) is 22.7 Å². The molecule has 3 fully saturated rings. The van der Waals surface area contributed by atoms with Crippen LogP contribution in [0.4, 0.5) is 15.3 Å². The van der Waals surface area contributed by atoms with E-state index in [0.717, 1.165) is 11.3 Å². The molecule has 0 spiro atoms. The Kier molecular flexibility index (Phi) is 14.8. The normalized spacial score (nSPS) is 24.0. The van der Waals surface area contributed by atoms with E-state index in [9.17, 15) is 28.8 Å². The summed E-state index contributed by atoms with van der Waals surface area (Å²) in [6.45, 7) is 10.1. The number of methoxy groups -OCH3 is 4. The fourth-order valence-electron chi connectivity index (χ4n) is 9.29. The number of alkyl carbamates (subject to hydrolysis) is 2. The van der Waals surface area contributed by atoms with Crippen LogP contribution in [0.15, 0.2) is 35.0 Å². The van der Waals surface area contributed by atoms with Crippen LogP contribution < -0.4 is 27.0 Å². The first-order chi connectivity index (χ1) is 30.8. The van der Waals surface area contributed by atoms with Gasteiger partial charge < -0.3 is 55.7 Å². The predicted octanol–water partition coefficient (Wildman–Crippen LogP) is 4.10. The quantitative estimate of drug-likeness (QED) is 0.168. The van der Waals surface area contributed by atoms with E-state index in [1.807, 2.05) is 10.8 Å². The first-order valence-corrected chi connectivity index (χ1v) is 23.3. The monoisotopic (exact) mass is 939 g/mol. The number of carbonyl (C=O) groups excluding carboxylic acids is 6. The van der Waals surface area contributed by atoms with Gasteiger partial charge >= 0.3 is 12.2 Å². The van der Waals surface area contributed by atoms with Gasteiger partial charge in [0.1, 0.15) is 22.1 Å². The third-order valence-corrected chi connectivity index (χ3v) is 15.1. The van der Waals surface area contributed by atoms with Crippen molar-refractivity contribution in [2.75, 3.05) is 46.4 Å². The molecule has 6 amide bonds. The number of nitrogens with zero attached hydrogens (tertiary/aromatic N) is 5. The largest absolute Gasteiger partial charge is 0.453 e. The molecule has 354 valence electrons. The highest BCUT2D eigenvalue weighted by Gasteiger charge is 2.56. The van der Waals surface area contributed by atoms with Gasteiger partial charge in [-0.25, -0.2) is 19.6 Å². The number of amides is 6. The molecule has 0 saturated carbocycles. The van der Waals surface area contributed by atoms with Crippen LogP contribution in [0.5, 0.6) is 0 Å². The Morgan fingerprint density at radius 2 is 1.11 bits per heavy atom. The molecule has 19 nitrogen and oxygen atoms in total. The van der Waals surface area contributed by atoms with E-state index in [-0.39, 0.29) is 43.4 Å². The molecule has 65 heavy (non-hydrogen) atoms. The van der Waals surface area contributed by atoms with Crippen LogP contribution in [0.1, 0.15) is 112 Å². The number of carbonyl (C=O) groups is 6. The number of benzene rings is 1. The van der Waals surface area contributed by atoms with Crippen molar-refractivity contribution < 1.29 is 47.7 Å². The lowest BCUT2D eigenvalue weighted by molar-refractivity contribution is -0.148. The fourth-order valence-corrected chi connectivity index (χ4v) is 11.5. The van der Waals surface area contributed by atoms with Gasteiger partial charge in [0.25, 0.3) is 11.8 Å². The van der Waals surface area contributed by atoms with E-state index in [2.05, 4.69) is 60.6 Å². The summed E-state index contributed by atoms with van der Waals surface area (Å²) < 4.78 is 20.5. The van der Waals surface area contributed by atoms with E-state index >= 15 is 0 Å². The molecule has 21 heteroatoms. The lowest BCUT2D eigenvalue weighted by Crippen LogP contribution is -2.61. The second-order valence-electron chi connectivity index (χ2n) is 17.7. The SMILES string of the molecule is COC(=O)N[C@H](C(=O)N1CCC[C@]1(C(N)=O)c1nc([C@H]2CC[C@H](c3csc([C@@]4(C(N)=O)CCCN4C(=O)[C@@H](NC(=O)OC)[C@@H](C)OC)n3)N2c2ccc(C(C)(C)C)cc2)cs1)[C@@H](C)OC. The number of rotatable bonds is 15. The molecule has 0 aliphatic carbocycles. The Morgan fingerprint density at radius 3 is 1.45 bits per heavy atom. The molecule has 3 saturated heterocycles. The maximum absolute atomic E-state index is 14.3. The zero-order valence-corrected chi connectivity index (χ0v) is 40.0. The molecule has 5 heterocycles. The Labute approximate surface area is 386 Å². The van der Waals surface area contributed by atoms with Gasteiger partial charge in [0.05, 0.1) is 49.9 Å². The van der Waals surface area contributed by atoms with Crippen LogP contribution in [0, 0.1) is 0 Å². The number of hydrogen-bond donors (Lipinski definition) is 4. The number of ether oxygens (including phenoxy) is 4. The van der Waals surface area contributed by atoms with Gasteiger partial charge in [0, 0.05) is 43.8 Å². The highest BCUT2D eigenvalue weighted by Crippen LogP contribution is 2.50. The number of anilines is 1. The van der Waals surface area contributed by atoms with Crippen molar-refractivity contribution in [3.05, 3.63) is 62.0 Å². The molecule has 0 unspecified atom stereocenters. The van der Waals surface area contributed by atoms with E-state index in [0.29, 0.717) is 47.1 Å². The molecule has 3 aliphatic rings. The smallest absolute Gasteiger partial charge is 0.407 e. The maximum atomic E-state index is 14.3. The molecule has 2 aromatic heterocycles. The number of aromatic nitrogens is 2. The van der Waals surface area contributed by atoms with Crippen molar-refractivity contribution in [3.8, 4) is 0 Å². The minimum Gasteiger partial charge on any atom is -0.453 e. The summed E-state index contributed by atoms with van der Waals surface area (Å²) >= 11 is 2.48. The Bertz CT molecular complexity index is 2120. The lowest BCUT2D eigenvalue weighted by Gasteiger charge is -2.37. The van der Waals surface area contributed by atoms with Crippen molar-refractivity contribution in [2.24, 2.45) is 11.5 Å². The molecule has 1 aromatic carbocycles. The first kappa shape index (κ1) is 49.1. The summed E-state index contributed by atoms with van der Waals surface area (Å²) in [5, 5.41) is 9.61. The van der Waals surface area contributed by atoms with Gasteiger partial charge in [0.15, 0.2) is 11.1 Å². The first-order valence-electron chi connectivity index (χ1n) is 21.6. The Balaban J connectivity index is 1.39. The zero-order valence-electron chi connectivity index (χ0n) is 38.4. The molecular formula is C44H61N9O10S2. The number of likely N-dealkylation sites (tertiary alicyclic amines) is 2. The third-order valence-electron chi connectivity index (χ3n) is 13.1. The standard InChI is InChI=1S/C44H61N9O10S2/c1-24(60-6)32(49-40(58)62-8)34(54)51-20-10-18-43(51,36(45)56)38-47-28(22-64-38)30-16-17-31(53(30)27-14-12-26(13-15-27)42(3,4)5)29-23-65-39(48-29)44(37(46)57)19-11-21-52(44)35(55)33(25(2)61-7)50-41(59)63-9/h12-15,22-25,30-33H,10-11,16-21H2,1-9H3,(H2,45,56)(H2,46,57)(H,49,58)(H,50,59)/t24-,25-,30-,31-,32+,33+,43+,44+/m1/s1. The van der Waals surface area contributed by atoms with Crippen LogP contribution >= 0.6 is 22.7 Å². The van der Waals surface area contributed by atoms with Crippen LogP contribution in [0.2, 0.25) is 0 Å². The van der Waals surface area contributed by atoms with Crippen molar-refractivity contribution in [1.82, 2.24) is 30.4 Å². The number of thiazole rings is 2. The van der Waals surface area contributed by atoms with Gasteiger partial charge in [-0.05, 0) is 75.5 Å².